The molecular weight excluding hydrogens is 383 g/mol. The summed E-state index contributed by atoms with van der Waals surface area (Å²) in [6, 6.07) is 7.97. The highest BCUT2D eigenvalue weighted by molar-refractivity contribution is 7.92. The van der Waals surface area contributed by atoms with Gasteiger partial charge in [0.1, 0.15) is 5.82 Å². The van der Waals surface area contributed by atoms with Crippen LogP contribution in [-0.4, -0.2) is 32.6 Å². The second-order valence-corrected chi connectivity index (χ2v) is 8.87. The van der Waals surface area contributed by atoms with Gasteiger partial charge in [-0.25, -0.2) is 17.6 Å². The molecule has 0 amide bonds. The van der Waals surface area contributed by atoms with E-state index in [1.54, 1.807) is 13.0 Å². The van der Waals surface area contributed by atoms with E-state index in [1.807, 2.05) is 4.90 Å². The van der Waals surface area contributed by atoms with Gasteiger partial charge in [0.15, 0.2) is 0 Å². The summed E-state index contributed by atoms with van der Waals surface area (Å²) in [7, 11) is -4.05. The number of benzene rings is 2. The highest BCUT2D eigenvalue weighted by Crippen LogP contribution is 2.30. The highest BCUT2D eigenvalue weighted by Gasteiger charge is 2.23. The number of carbonyl (C=O) groups is 1. The van der Waals surface area contributed by atoms with Crippen molar-refractivity contribution in [1.29, 1.82) is 0 Å². The zero-order valence-corrected chi connectivity index (χ0v) is 16.6. The van der Waals surface area contributed by atoms with E-state index >= 15 is 0 Å². The van der Waals surface area contributed by atoms with Crippen LogP contribution in [0, 0.1) is 18.7 Å². The van der Waals surface area contributed by atoms with Crippen molar-refractivity contribution in [2.75, 3.05) is 22.7 Å². The fraction of sp³-hybridized carbons (Fsp3) is 0.350. The minimum Gasteiger partial charge on any atom is -0.478 e. The molecule has 1 saturated heterocycles. The van der Waals surface area contributed by atoms with Gasteiger partial charge in [-0.3, -0.25) is 4.72 Å². The second-order valence-electron chi connectivity index (χ2n) is 7.22. The maximum atomic E-state index is 13.5. The third kappa shape index (κ3) is 4.27. The Labute approximate surface area is 164 Å². The van der Waals surface area contributed by atoms with Crippen molar-refractivity contribution in [3.63, 3.8) is 0 Å². The number of halogens is 1. The standard InChI is InChI=1S/C20H23FN2O4S/c1-13-7-9-23(10-8-13)18-6-5-16(12-17(18)20(24)25)22-28(26,27)19-11-15(21)4-3-14(19)2/h3-6,11-13,22H,7-10H2,1-2H3,(H,24,25). The molecule has 2 N–H and O–H groups in total. The summed E-state index contributed by atoms with van der Waals surface area (Å²) in [6.07, 6.45) is 1.96. The lowest BCUT2D eigenvalue weighted by molar-refractivity contribution is 0.0697. The van der Waals surface area contributed by atoms with E-state index in [2.05, 4.69) is 11.6 Å². The van der Waals surface area contributed by atoms with Crippen LogP contribution in [0.3, 0.4) is 0 Å². The number of sulfonamides is 1. The normalized spacial score (nSPS) is 15.5. The number of aromatic carboxylic acids is 1. The van der Waals surface area contributed by atoms with Gasteiger partial charge in [0.05, 0.1) is 16.1 Å². The number of carboxylic acids is 1. The first-order valence-electron chi connectivity index (χ1n) is 9.08. The quantitative estimate of drug-likeness (QED) is 0.787. The SMILES string of the molecule is Cc1ccc(F)cc1S(=O)(=O)Nc1ccc(N2CCC(C)CC2)c(C(=O)O)c1. The Hall–Kier alpha value is -2.61. The largest absolute Gasteiger partial charge is 0.478 e. The third-order valence-electron chi connectivity index (χ3n) is 5.04. The molecule has 1 aliphatic heterocycles. The lowest BCUT2D eigenvalue weighted by Gasteiger charge is -2.33. The average molecular weight is 406 g/mol. The zero-order valence-electron chi connectivity index (χ0n) is 15.8. The highest BCUT2D eigenvalue weighted by atomic mass is 32.2. The van der Waals surface area contributed by atoms with Gasteiger partial charge in [-0.15, -0.1) is 0 Å². The van der Waals surface area contributed by atoms with E-state index in [0.717, 1.165) is 32.0 Å². The first kappa shape index (κ1) is 20.1. The molecule has 3 rings (SSSR count). The van der Waals surface area contributed by atoms with Crippen LogP contribution in [0.1, 0.15) is 35.7 Å². The van der Waals surface area contributed by atoms with Crippen molar-refractivity contribution in [1.82, 2.24) is 0 Å². The van der Waals surface area contributed by atoms with Crippen molar-refractivity contribution in [3.05, 3.63) is 53.3 Å². The van der Waals surface area contributed by atoms with Crippen molar-refractivity contribution < 1.29 is 22.7 Å². The molecule has 0 aliphatic carbocycles. The molecule has 2 aromatic rings. The lowest BCUT2D eigenvalue weighted by Crippen LogP contribution is -2.33. The van der Waals surface area contributed by atoms with Gasteiger partial charge in [-0.2, -0.15) is 0 Å². The fourth-order valence-electron chi connectivity index (χ4n) is 3.37. The number of piperidine rings is 1. The van der Waals surface area contributed by atoms with Crippen LogP contribution in [-0.2, 0) is 10.0 Å². The number of hydrogen-bond acceptors (Lipinski definition) is 4. The Balaban J connectivity index is 1.92. The van der Waals surface area contributed by atoms with Gasteiger partial charge in [-0.1, -0.05) is 13.0 Å². The summed E-state index contributed by atoms with van der Waals surface area (Å²) in [5, 5.41) is 9.62. The number of nitrogens with zero attached hydrogens (tertiary/aromatic N) is 1. The first-order chi connectivity index (χ1) is 13.2. The van der Waals surface area contributed by atoms with Gasteiger partial charge in [0.2, 0.25) is 0 Å². The van der Waals surface area contributed by atoms with Crippen LogP contribution in [0.2, 0.25) is 0 Å². The Morgan fingerprint density at radius 2 is 1.86 bits per heavy atom. The molecule has 0 saturated carbocycles. The summed E-state index contributed by atoms with van der Waals surface area (Å²) >= 11 is 0. The van der Waals surface area contributed by atoms with E-state index in [9.17, 15) is 22.7 Å². The maximum absolute atomic E-state index is 13.5. The summed E-state index contributed by atoms with van der Waals surface area (Å²) in [5.41, 5.74) is 1.12. The smallest absolute Gasteiger partial charge is 0.337 e. The van der Waals surface area contributed by atoms with E-state index < -0.39 is 21.8 Å². The molecule has 0 unspecified atom stereocenters. The molecule has 28 heavy (non-hydrogen) atoms. The summed E-state index contributed by atoms with van der Waals surface area (Å²) in [6.45, 7) is 5.25. The number of nitrogens with one attached hydrogen (secondary N) is 1. The monoisotopic (exact) mass is 406 g/mol. The van der Waals surface area contributed by atoms with Gasteiger partial charge in [0.25, 0.3) is 10.0 Å². The number of aryl methyl sites for hydroxylation is 1. The Morgan fingerprint density at radius 3 is 2.50 bits per heavy atom. The van der Waals surface area contributed by atoms with Crippen LogP contribution in [0.25, 0.3) is 0 Å². The van der Waals surface area contributed by atoms with Crippen LogP contribution in [0.15, 0.2) is 41.3 Å². The molecule has 0 radical (unpaired) electrons. The van der Waals surface area contributed by atoms with Crippen molar-refractivity contribution in [3.8, 4) is 0 Å². The first-order valence-corrected chi connectivity index (χ1v) is 10.6. The molecule has 8 heteroatoms. The number of carboxylic acid groups (broad SMARTS) is 1. The van der Waals surface area contributed by atoms with Crippen molar-refractivity contribution in [2.45, 2.75) is 31.6 Å². The summed E-state index contributed by atoms with van der Waals surface area (Å²) in [5.74, 6) is -1.19. The maximum Gasteiger partial charge on any atom is 0.337 e. The number of rotatable bonds is 5. The van der Waals surface area contributed by atoms with Gasteiger partial charge in [0, 0.05) is 18.8 Å². The van der Waals surface area contributed by atoms with Crippen molar-refractivity contribution in [2.24, 2.45) is 5.92 Å². The molecule has 150 valence electrons. The van der Waals surface area contributed by atoms with E-state index in [4.69, 9.17) is 0 Å². The molecule has 1 aliphatic rings. The predicted molar refractivity (Wildman–Crippen MR) is 106 cm³/mol. The lowest BCUT2D eigenvalue weighted by atomic mass is 9.98. The van der Waals surface area contributed by atoms with Crippen LogP contribution in [0.4, 0.5) is 15.8 Å². The van der Waals surface area contributed by atoms with Gasteiger partial charge in [-0.05, 0) is 61.6 Å². The fourth-order valence-corrected chi connectivity index (χ4v) is 4.68. The van der Waals surface area contributed by atoms with Crippen LogP contribution < -0.4 is 9.62 Å². The molecule has 0 atom stereocenters. The van der Waals surface area contributed by atoms with E-state index in [0.29, 0.717) is 17.2 Å². The average Bonchev–Trinajstić information content (AvgIpc) is 2.64. The topological polar surface area (TPSA) is 86.7 Å². The third-order valence-corrected chi connectivity index (χ3v) is 6.57. The molecule has 2 aromatic carbocycles. The number of hydrogen-bond donors (Lipinski definition) is 2. The minimum absolute atomic E-state index is 0.0331. The van der Waals surface area contributed by atoms with E-state index in [1.165, 1.54) is 24.3 Å². The molecule has 1 heterocycles. The van der Waals surface area contributed by atoms with Crippen LogP contribution in [0.5, 0.6) is 0 Å². The molecule has 0 bridgehead atoms. The molecule has 0 spiro atoms. The van der Waals surface area contributed by atoms with Gasteiger partial charge >= 0.3 is 5.97 Å². The number of anilines is 2. The summed E-state index contributed by atoms with van der Waals surface area (Å²) in [4.78, 5) is 13.6. The molecule has 0 aromatic heterocycles. The minimum atomic E-state index is -4.05. The summed E-state index contributed by atoms with van der Waals surface area (Å²) < 4.78 is 41.1. The van der Waals surface area contributed by atoms with Gasteiger partial charge < -0.3 is 10.0 Å². The van der Waals surface area contributed by atoms with E-state index in [-0.39, 0.29) is 16.1 Å². The zero-order chi connectivity index (χ0) is 20.5. The Bertz CT molecular complexity index is 999. The Morgan fingerprint density at radius 1 is 1.18 bits per heavy atom. The Kier molecular flexibility index (Phi) is 5.60. The molecule has 6 nitrogen and oxygen atoms in total. The predicted octanol–water partition coefficient (Wildman–Crippen LogP) is 3.87. The second kappa shape index (κ2) is 7.79. The molecular formula is C20H23FN2O4S. The van der Waals surface area contributed by atoms with Crippen LogP contribution >= 0.6 is 0 Å². The molecule has 1 fully saturated rings. The van der Waals surface area contributed by atoms with Crippen molar-refractivity contribution >= 4 is 27.4 Å².